The van der Waals surface area contributed by atoms with Gasteiger partial charge in [-0.3, -0.25) is 9.59 Å². The average molecular weight is 414 g/mol. The van der Waals surface area contributed by atoms with E-state index in [4.69, 9.17) is 10.5 Å². The Kier molecular flexibility index (Phi) is 6.06. The second-order valence-electron chi connectivity index (χ2n) is 8.42. The summed E-state index contributed by atoms with van der Waals surface area (Å²) in [6, 6.07) is 5.70. The number of carbonyl (C=O) groups is 2. The Labute approximate surface area is 177 Å². The van der Waals surface area contributed by atoms with Crippen molar-refractivity contribution >= 4 is 12.3 Å². The number of nitrogens with two attached hydrogens (primary N) is 1. The molecular weight excluding hydrogens is 382 g/mol. The molecule has 2 amide bonds. The molecule has 0 radical (unpaired) electrons. The number of carbonyl (C=O) groups excluding carboxylic acids is 2. The number of ether oxygens (including phenoxy) is 1. The third-order valence-corrected chi connectivity index (χ3v) is 6.85. The summed E-state index contributed by atoms with van der Waals surface area (Å²) < 4.78 is 5.47. The van der Waals surface area contributed by atoms with Gasteiger partial charge in [0.25, 0.3) is 0 Å². The molecule has 1 aromatic rings. The minimum atomic E-state index is -1.14. The molecule has 1 fully saturated rings. The number of hydrogen-bond acceptors (Lipinski definition) is 5. The van der Waals surface area contributed by atoms with Crippen LogP contribution in [0.25, 0.3) is 0 Å². The maximum Gasteiger partial charge on any atom is 0.244 e. The van der Waals surface area contributed by atoms with E-state index >= 15 is 0 Å². The molecule has 3 rings (SSSR count). The van der Waals surface area contributed by atoms with Crippen LogP contribution in [0.1, 0.15) is 44.2 Å². The maximum absolute atomic E-state index is 12.2. The molecule has 2 aliphatic rings. The first kappa shape index (κ1) is 22.1. The number of aryl methyl sites for hydroxylation is 1. The first-order valence-corrected chi connectivity index (χ1v) is 10.2. The van der Waals surface area contributed by atoms with Gasteiger partial charge in [-0.05, 0) is 68.6 Å². The summed E-state index contributed by atoms with van der Waals surface area (Å²) in [7, 11) is 1.62. The number of aliphatic hydroxyl groups is 1. The molecule has 1 heterocycles. The van der Waals surface area contributed by atoms with E-state index in [2.05, 4.69) is 10.6 Å². The summed E-state index contributed by atoms with van der Waals surface area (Å²) in [5.41, 5.74) is 7.52. The van der Waals surface area contributed by atoms with Gasteiger partial charge in [-0.2, -0.15) is 0 Å². The Morgan fingerprint density at radius 3 is 2.77 bits per heavy atom. The molecule has 1 aromatic carbocycles. The lowest BCUT2D eigenvalue weighted by molar-refractivity contribution is -0.114. The number of rotatable bonds is 6. The fourth-order valence-electron chi connectivity index (χ4n) is 5.07. The topological polar surface area (TPSA) is 114 Å². The van der Waals surface area contributed by atoms with E-state index < -0.39 is 16.9 Å². The van der Waals surface area contributed by atoms with Crippen molar-refractivity contribution in [1.82, 2.24) is 10.6 Å². The molecule has 1 aliphatic carbocycles. The predicted molar refractivity (Wildman–Crippen MR) is 115 cm³/mol. The van der Waals surface area contributed by atoms with Gasteiger partial charge in [-0.25, -0.2) is 0 Å². The molecule has 7 heteroatoms. The zero-order chi connectivity index (χ0) is 22.1. The normalized spacial score (nSPS) is 29.2. The van der Waals surface area contributed by atoms with E-state index in [1.54, 1.807) is 20.1 Å². The zero-order valence-electron chi connectivity index (χ0n) is 18.0. The number of allylic oxidation sites excluding steroid dienone is 2. The van der Waals surface area contributed by atoms with Crippen LogP contribution in [0.4, 0.5) is 0 Å². The lowest BCUT2D eigenvalue weighted by atomic mass is 9.53. The first-order valence-electron chi connectivity index (χ1n) is 10.2. The highest BCUT2D eigenvalue weighted by molar-refractivity contribution is 5.91. The number of amides is 2. The van der Waals surface area contributed by atoms with Crippen molar-refractivity contribution in [1.29, 1.82) is 0 Å². The Morgan fingerprint density at radius 1 is 1.40 bits per heavy atom. The van der Waals surface area contributed by atoms with E-state index in [0.29, 0.717) is 36.1 Å². The molecule has 3 atom stereocenters. The largest absolute Gasteiger partial charge is 0.497 e. The van der Waals surface area contributed by atoms with Crippen molar-refractivity contribution in [3.8, 4) is 5.75 Å². The summed E-state index contributed by atoms with van der Waals surface area (Å²) in [5, 5.41) is 18.4. The van der Waals surface area contributed by atoms with Crippen LogP contribution in [0, 0.1) is 6.92 Å². The Hall–Kier alpha value is -2.64. The van der Waals surface area contributed by atoms with Gasteiger partial charge >= 0.3 is 0 Å². The smallest absolute Gasteiger partial charge is 0.244 e. The first-order chi connectivity index (χ1) is 14.2. The quantitative estimate of drug-likeness (QED) is 0.418. The lowest BCUT2D eigenvalue weighted by Gasteiger charge is -2.58. The lowest BCUT2D eigenvalue weighted by Crippen LogP contribution is -2.68. The minimum Gasteiger partial charge on any atom is -0.497 e. The van der Waals surface area contributed by atoms with Gasteiger partial charge in [0.15, 0.2) is 0 Å². The fraction of sp³-hybridized carbons (Fsp3) is 0.478. The van der Waals surface area contributed by atoms with Crippen LogP contribution in [0.2, 0.25) is 0 Å². The van der Waals surface area contributed by atoms with Gasteiger partial charge in [-0.15, -0.1) is 0 Å². The number of hydrogen-bond donors (Lipinski definition) is 4. The van der Waals surface area contributed by atoms with E-state index in [0.717, 1.165) is 23.4 Å². The van der Waals surface area contributed by atoms with Gasteiger partial charge in [0.1, 0.15) is 5.75 Å². The molecule has 1 aliphatic heterocycles. The highest BCUT2D eigenvalue weighted by Crippen LogP contribution is 2.54. The second kappa shape index (κ2) is 8.24. The van der Waals surface area contributed by atoms with Crippen molar-refractivity contribution in [2.75, 3.05) is 13.7 Å². The SMILES string of the molecule is COc1ccc(C)c(C23CCNC(C)C2(O)CC(/C=C(\C)C(N)=O)=C(NC=O)C3)c1. The molecule has 0 spiro atoms. The van der Waals surface area contributed by atoms with E-state index in [1.807, 2.05) is 32.0 Å². The van der Waals surface area contributed by atoms with Crippen LogP contribution in [0.15, 0.2) is 41.1 Å². The molecule has 0 aromatic heterocycles. The molecule has 0 bridgehead atoms. The van der Waals surface area contributed by atoms with Crippen molar-refractivity contribution in [3.63, 3.8) is 0 Å². The van der Waals surface area contributed by atoms with Crippen LogP contribution in [-0.2, 0) is 15.0 Å². The summed E-state index contributed by atoms with van der Waals surface area (Å²) in [5.74, 6) is 0.192. The van der Waals surface area contributed by atoms with Gasteiger partial charge in [0.05, 0.1) is 12.7 Å². The Morgan fingerprint density at radius 2 is 2.13 bits per heavy atom. The highest BCUT2D eigenvalue weighted by Gasteiger charge is 2.59. The monoisotopic (exact) mass is 413 g/mol. The van der Waals surface area contributed by atoms with Crippen LogP contribution in [0.5, 0.6) is 5.75 Å². The standard InChI is InChI=1S/C23H31N3O4/c1-14-5-6-18(30-4)10-19(14)22-7-8-25-16(3)23(22,29)11-17(9-15(2)21(24)28)20(12-22)26-13-27/h5-6,9-10,13,16,25,29H,7-8,11-12H2,1-4H3,(H2,24,28)(H,26,27)/b15-9+. The van der Waals surface area contributed by atoms with E-state index in [9.17, 15) is 14.7 Å². The average Bonchev–Trinajstić information content (AvgIpc) is 2.70. The molecule has 30 heavy (non-hydrogen) atoms. The minimum absolute atomic E-state index is 0.202. The Balaban J connectivity index is 2.26. The summed E-state index contributed by atoms with van der Waals surface area (Å²) in [6.45, 7) is 6.37. The number of primary amides is 1. The molecule has 5 N–H and O–H groups in total. The molecule has 162 valence electrons. The number of piperidine rings is 1. The summed E-state index contributed by atoms with van der Waals surface area (Å²) in [4.78, 5) is 23.0. The van der Waals surface area contributed by atoms with E-state index in [1.165, 1.54) is 0 Å². The van der Waals surface area contributed by atoms with Crippen molar-refractivity contribution in [3.05, 3.63) is 52.2 Å². The molecule has 7 nitrogen and oxygen atoms in total. The van der Waals surface area contributed by atoms with Crippen LogP contribution >= 0.6 is 0 Å². The maximum atomic E-state index is 12.2. The molecule has 3 unspecified atom stereocenters. The molecule has 0 saturated carbocycles. The zero-order valence-corrected chi connectivity index (χ0v) is 18.0. The summed E-state index contributed by atoms with van der Waals surface area (Å²) in [6.07, 6.45) is 3.72. The van der Waals surface area contributed by atoms with E-state index in [-0.39, 0.29) is 12.5 Å². The predicted octanol–water partition coefficient (Wildman–Crippen LogP) is 1.58. The van der Waals surface area contributed by atoms with Gasteiger partial charge in [0, 0.05) is 35.6 Å². The van der Waals surface area contributed by atoms with Crippen LogP contribution in [-0.4, -0.2) is 42.7 Å². The second-order valence-corrected chi connectivity index (χ2v) is 8.42. The van der Waals surface area contributed by atoms with Crippen molar-refractivity contribution < 1.29 is 19.4 Å². The Bertz CT molecular complexity index is 923. The van der Waals surface area contributed by atoms with Crippen LogP contribution < -0.4 is 21.1 Å². The summed E-state index contributed by atoms with van der Waals surface area (Å²) >= 11 is 0. The van der Waals surface area contributed by atoms with Crippen LogP contribution in [0.3, 0.4) is 0 Å². The van der Waals surface area contributed by atoms with Gasteiger partial charge in [0.2, 0.25) is 12.3 Å². The number of fused-ring (bicyclic) bond motifs is 1. The fourth-order valence-corrected chi connectivity index (χ4v) is 5.07. The number of benzene rings is 1. The van der Waals surface area contributed by atoms with Gasteiger partial charge in [-0.1, -0.05) is 6.07 Å². The number of nitrogens with one attached hydrogen (secondary N) is 2. The van der Waals surface area contributed by atoms with Crippen molar-refractivity contribution in [2.45, 2.75) is 57.1 Å². The van der Waals surface area contributed by atoms with Gasteiger partial charge < -0.3 is 26.2 Å². The number of methoxy groups -OCH3 is 1. The highest BCUT2D eigenvalue weighted by atomic mass is 16.5. The molecule has 1 saturated heterocycles. The third kappa shape index (κ3) is 3.52. The third-order valence-electron chi connectivity index (χ3n) is 6.85. The molecular formula is C23H31N3O4. The van der Waals surface area contributed by atoms with Crippen molar-refractivity contribution in [2.24, 2.45) is 5.73 Å².